The third-order valence-corrected chi connectivity index (χ3v) is 3.15. The van der Waals surface area contributed by atoms with E-state index in [9.17, 15) is 14.0 Å². The lowest BCUT2D eigenvalue weighted by Gasteiger charge is -2.06. The van der Waals surface area contributed by atoms with Crippen molar-refractivity contribution < 1.29 is 23.5 Å². The summed E-state index contributed by atoms with van der Waals surface area (Å²) in [6.45, 7) is 1.58. The quantitative estimate of drug-likeness (QED) is 0.485. The Morgan fingerprint density at radius 1 is 0.864 bits per heavy atom. The molecule has 5 heteroatoms. The second-order valence-corrected chi connectivity index (χ2v) is 4.95. The largest absolute Gasteiger partial charge is 0.462 e. The van der Waals surface area contributed by atoms with Crippen molar-refractivity contribution in [3.8, 4) is 0 Å². The van der Waals surface area contributed by atoms with E-state index in [-0.39, 0.29) is 12.2 Å². The maximum Gasteiger partial charge on any atom is 0.338 e. The highest BCUT2D eigenvalue weighted by Crippen LogP contribution is 2.09. The fourth-order valence-electron chi connectivity index (χ4n) is 1.91. The van der Waals surface area contributed by atoms with Gasteiger partial charge in [-0.3, -0.25) is 0 Å². The average Bonchev–Trinajstić information content (AvgIpc) is 2.55. The van der Waals surface area contributed by atoms with E-state index >= 15 is 0 Å². The van der Waals surface area contributed by atoms with E-state index in [1.165, 1.54) is 37.1 Å². The molecule has 0 aliphatic carbocycles. The van der Waals surface area contributed by atoms with Crippen molar-refractivity contribution in [3.63, 3.8) is 0 Å². The van der Waals surface area contributed by atoms with Crippen LogP contribution < -0.4 is 0 Å². The predicted molar refractivity (Wildman–Crippen MR) is 81.7 cm³/mol. The number of ether oxygens (including phenoxy) is 2. The summed E-state index contributed by atoms with van der Waals surface area (Å²) in [7, 11) is 0. The molecule has 0 aliphatic rings. The van der Waals surface area contributed by atoms with Crippen molar-refractivity contribution in [2.45, 2.75) is 39.0 Å². The molecule has 122 valence electrons. The van der Waals surface area contributed by atoms with Crippen LogP contribution in [0.3, 0.4) is 0 Å². The summed E-state index contributed by atoms with van der Waals surface area (Å²) in [4.78, 5) is 23.3. The van der Waals surface area contributed by atoms with E-state index in [2.05, 4.69) is 11.7 Å². The van der Waals surface area contributed by atoms with E-state index in [4.69, 9.17) is 4.74 Å². The van der Waals surface area contributed by atoms with Gasteiger partial charge < -0.3 is 9.47 Å². The smallest absolute Gasteiger partial charge is 0.338 e. The van der Waals surface area contributed by atoms with Crippen LogP contribution in [-0.2, 0) is 9.47 Å². The van der Waals surface area contributed by atoms with Crippen LogP contribution in [0.4, 0.5) is 4.39 Å². The third-order valence-electron chi connectivity index (χ3n) is 3.15. The summed E-state index contributed by atoms with van der Waals surface area (Å²) in [6.07, 6.45) is 5.46. The van der Waals surface area contributed by atoms with Gasteiger partial charge in [0.25, 0.3) is 0 Å². The van der Waals surface area contributed by atoms with Gasteiger partial charge in [-0.05, 0) is 30.7 Å². The Labute approximate surface area is 130 Å². The van der Waals surface area contributed by atoms with Crippen LogP contribution in [0, 0.1) is 0 Å². The summed E-state index contributed by atoms with van der Waals surface area (Å²) in [5.74, 6) is -1.01. The Kier molecular flexibility index (Phi) is 8.88. The van der Waals surface area contributed by atoms with Crippen LogP contribution in [-0.4, -0.2) is 31.8 Å². The van der Waals surface area contributed by atoms with E-state index < -0.39 is 18.6 Å². The summed E-state index contributed by atoms with van der Waals surface area (Å²) >= 11 is 0. The number of hydrogen-bond acceptors (Lipinski definition) is 4. The van der Waals surface area contributed by atoms with Gasteiger partial charge in [0.2, 0.25) is 0 Å². The van der Waals surface area contributed by atoms with Crippen molar-refractivity contribution in [3.05, 3.63) is 35.4 Å². The van der Waals surface area contributed by atoms with Crippen LogP contribution in [0.1, 0.15) is 59.7 Å². The summed E-state index contributed by atoms with van der Waals surface area (Å²) in [6, 6.07) is 5.95. The molecular formula is C17H23FO4. The second-order valence-electron chi connectivity index (χ2n) is 4.95. The molecule has 0 unspecified atom stereocenters. The number of benzene rings is 1. The number of rotatable bonds is 10. The van der Waals surface area contributed by atoms with E-state index in [1.54, 1.807) is 0 Å². The first-order valence-electron chi connectivity index (χ1n) is 7.69. The number of unbranched alkanes of at least 4 members (excludes halogenated alkanes) is 4. The first-order chi connectivity index (χ1) is 10.7. The zero-order chi connectivity index (χ0) is 16.2. The Morgan fingerprint density at radius 3 is 1.86 bits per heavy atom. The minimum absolute atomic E-state index is 0.263. The number of esters is 2. The normalized spacial score (nSPS) is 10.3. The number of carbonyl (C=O) groups is 2. The van der Waals surface area contributed by atoms with Crippen LogP contribution in [0.15, 0.2) is 24.3 Å². The molecule has 0 spiro atoms. The second kappa shape index (κ2) is 10.8. The minimum atomic E-state index is -0.714. The van der Waals surface area contributed by atoms with Crippen LogP contribution in [0.2, 0.25) is 0 Å². The molecule has 0 heterocycles. The number of alkyl halides is 1. The monoisotopic (exact) mass is 310 g/mol. The number of hydrogen-bond donors (Lipinski definition) is 0. The van der Waals surface area contributed by atoms with Crippen molar-refractivity contribution >= 4 is 11.9 Å². The summed E-state index contributed by atoms with van der Waals surface area (Å²) in [5, 5.41) is 0. The molecule has 0 amide bonds. The standard InChI is InChI=1S/C17H23FO4/c1-2-3-4-5-6-12-21-16(19)14-7-9-15(10-8-14)17(20)22-13-11-18/h7-10H,2-6,11-13H2,1H3. The highest BCUT2D eigenvalue weighted by Gasteiger charge is 2.10. The highest BCUT2D eigenvalue weighted by atomic mass is 19.1. The van der Waals surface area contributed by atoms with Gasteiger partial charge in [0, 0.05) is 0 Å². The molecule has 0 aromatic heterocycles. The molecule has 1 aromatic carbocycles. The minimum Gasteiger partial charge on any atom is -0.462 e. The van der Waals surface area contributed by atoms with Gasteiger partial charge in [-0.25, -0.2) is 14.0 Å². The lowest BCUT2D eigenvalue weighted by atomic mass is 10.1. The number of carbonyl (C=O) groups excluding carboxylic acids is 2. The molecule has 0 fully saturated rings. The molecular weight excluding hydrogens is 287 g/mol. The van der Waals surface area contributed by atoms with Gasteiger partial charge in [0.15, 0.2) is 0 Å². The Bertz CT molecular complexity index is 456. The molecule has 1 rings (SSSR count). The zero-order valence-corrected chi connectivity index (χ0v) is 13.0. The van der Waals surface area contributed by atoms with Crippen molar-refractivity contribution in [2.24, 2.45) is 0 Å². The van der Waals surface area contributed by atoms with Gasteiger partial charge in [0.1, 0.15) is 13.3 Å². The fraction of sp³-hybridized carbons (Fsp3) is 0.529. The van der Waals surface area contributed by atoms with Gasteiger partial charge in [-0.15, -0.1) is 0 Å². The summed E-state index contributed by atoms with van der Waals surface area (Å²) in [5.41, 5.74) is 0.667. The molecule has 0 saturated carbocycles. The first kappa shape index (κ1) is 18.1. The SMILES string of the molecule is CCCCCCCOC(=O)c1ccc(C(=O)OCCF)cc1. The van der Waals surface area contributed by atoms with Crippen LogP contribution in [0.5, 0.6) is 0 Å². The molecule has 0 radical (unpaired) electrons. The molecule has 0 saturated heterocycles. The van der Waals surface area contributed by atoms with E-state index in [1.807, 2.05) is 0 Å². The highest BCUT2D eigenvalue weighted by molar-refractivity contribution is 5.93. The third kappa shape index (κ3) is 6.70. The molecule has 0 N–H and O–H groups in total. The Hall–Kier alpha value is -1.91. The first-order valence-corrected chi connectivity index (χ1v) is 7.69. The molecule has 0 bridgehead atoms. The van der Waals surface area contributed by atoms with Gasteiger partial charge in [-0.2, -0.15) is 0 Å². The van der Waals surface area contributed by atoms with Crippen molar-refractivity contribution in [1.29, 1.82) is 0 Å². The van der Waals surface area contributed by atoms with Crippen LogP contribution >= 0.6 is 0 Å². The number of halogens is 1. The van der Waals surface area contributed by atoms with E-state index in [0.717, 1.165) is 19.3 Å². The Morgan fingerprint density at radius 2 is 1.36 bits per heavy atom. The molecule has 22 heavy (non-hydrogen) atoms. The Balaban J connectivity index is 2.35. The van der Waals surface area contributed by atoms with E-state index in [0.29, 0.717) is 12.2 Å². The zero-order valence-electron chi connectivity index (χ0n) is 13.0. The van der Waals surface area contributed by atoms with Crippen LogP contribution in [0.25, 0.3) is 0 Å². The maximum atomic E-state index is 11.9. The lowest BCUT2D eigenvalue weighted by Crippen LogP contribution is -2.09. The summed E-state index contributed by atoms with van der Waals surface area (Å²) < 4.78 is 21.7. The molecule has 0 aliphatic heterocycles. The van der Waals surface area contributed by atoms with Gasteiger partial charge >= 0.3 is 11.9 Å². The van der Waals surface area contributed by atoms with Crippen molar-refractivity contribution in [1.82, 2.24) is 0 Å². The lowest BCUT2D eigenvalue weighted by molar-refractivity contribution is 0.0473. The maximum absolute atomic E-state index is 11.9. The molecule has 4 nitrogen and oxygen atoms in total. The average molecular weight is 310 g/mol. The topological polar surface area (TPSA) is 52.6 Å². The predicted octanol–water partition coefficient (Wildman–Crippen LogP) is 3.94. The molecule has 0 atom stereocenters. The van der Waals surface area contributed by atoms with Gasteiger partial charge in [0.05, 0.1) is 17.7 Å². The van der Waals surface area contributed by atoms with Gasteiger partial charge in [-0.1, -0.05) is 32.6 Å². The van der Waals surface area contributed by atoms with Crippen molar-refractivity contribution in [2.75, 3.05) is 19.9 Å². The fourth-order valence-corrected chi connectivity index (χ4v) is 1.91. The molecule has 1 aromatic rings.